The summed E-state index contributed by atoms with van der Waals surface area (Å²) >= 11 is 0. The third-order valence-electron chi connectivity index (χ3n) is 2.97. The maximum atomic E-state index is 11.7. The first-order valence-electron chi connectivity index (χ1n) is 6.57. The Morgan fingerprint density at radius 3 is 2.18 bits per heavy atom. The SMILES string of the molecule is O=C(Cc1ccccc1)NC(O)C(=O)[C@H](O)[C@@H](O)[C@H](O)CO. The van der Waals surface area contributed by atoms with Crippen molar-refractivity contribution in [2.24, 2.45) is 0 Å². The van der Waals surface area contributed by atoms with Crippen molar-refractivity contribution >= 4 is 11.7 Å². The van der Waals surface area contributed by atoms with Crippen LogP contribution in [0.4, 0.5) is 0 Å². The summed E-state index contributed by atoms with van der Waals surface area (Å²) in [6.07, 6.45) is -7.98. The molecule has 4 atom stereocenters. The van der Waals surface area contributed by atoms with E-state index in [4.69, 9.17) is 10.2 Å². The lowest BCUT2D eigenvalue weighted by molar-refractivity contribution is -0.152. The smallest absolute Gasteiger partial charge is 0.226 e. The van der Waals surface area contributed by atoms with Gasteiger partial charge in [-0.2, -0.15) is 0 Å². The quantitative estimate of drug-likeness (QED) is 0.286. The summed E-state index contributed by atoms with van der Waals surface area (Å²) < 4.78 is 0. The van der Waals surface area contributed by atoms with Gasteiger partial charge in [0.25, 0.3) is 0 Å². The lowest BCUT2D eigenvalue weighted by Gasteiger charge is -2.22. The Morgan fingerprint density at radius 1 is 1.05 bits per heavy atom. The third-order valence-corrected chi connectivity index (χ3v) is 2.97. The van der Waals surface area contributed by atoms with Crippen LogP contribution in [0.2, 0.25) is 0 Å². The van der Waals surface area contributed by atoms with E-state index in [2.05, 4.69) is 0 Å². The number of aliphatic hydroxyl groups excluding tert-OH is 5. The Bertz CT molecular complexity index is 493. The maximum Gasteiger partial charge on any atom is 0.226 e. The van der Waals surface area contributed by atoms with Gasteiger partial charge >= 0.3 is 0 Å². The minimum Gasteiger partial charge on any atom is -0.394 e. The number of hydrogen-bond donors (Lipinski definition) is 6. The fourth-order valence-electron chi connectivity index (χ4n) is 1.70. The fourth-order valence-corrected chi connectivity index (χ4v) is 1.70. The zero-order chi connectivity index (χ0) is 16.7. The van der Waals surface area contributed by atoms with Gasteiger partial charge in [-0.15, -0.1) is 0 Å². The molecule has 1 aromatic carbocycles. The van der Waals surface area contributed by atoms with Crippen LogP contribution >= 0.6 is 0 Å². The molecule has 0 radical (unpaired) electrons. The number of carbonyl (C=O) groups is 2. The number of benzene rings is 1. The van der Waals surface area contributed by atoms with Gasteiger partial charge in [-0.25, -0.2) is 0 Å². The summed E-state index contributed by atoms with van der Waals surface area (Å²) in [5, 5.41) is 48.1. The van der Waals surface area contributed by atoms with Crippen LogP contribution < -0.4 is 5.32 Å². The Morgan fingerprint density at radius 2 is 1.64 bits per heavy atom. The van der Waals surface area contributed by atoms with Gasteiger partial charge in [0.15, 0.2) is 6.23 Å². The van der Waals surface area contributed by atoms with E-state index < -0.39 is 42.8 Å². The molecule has 0 aliphatic rings. The Hall–Kier alpha value is -1.84. The number of ketones is 1. The lowest BCUT2D eigenvalue weighted by atomic mass is 10.0. The van der Waals surface area contributed by atoms with Crippen LogP contribution in [0.25, 0.3) is 0 Å². The molecule has 1 aromatic rings. The number of nitrogens with one attached hydrogen (secondary N) is 1. The second kappa shape index (κ2) is 8.57. The highest BCUT2D eigenvalue weighted by molar-refractivity contribution is 5.91. The van der Waals surface area contributed by atoms with E-state index in [1.165, 1.54) is 0 Å². The van der Waals surface area contributed by atoms with Crippen molar-refractivity contribution in [3.63, 3.8) is 0 Å². The van der Waals surface area contributed by atoms with Crippen LogP contribution in [0.15, 0.2) is 30.3 Å². The van der Waals surface area contributed by atoms with Gasteiger partial charge in [-0.1, -0.05) is 30.3 Å². The molecule has 0 saturated carbocycles. The van der Waals surface area contributed by atoms with Crippen LogP contribution in [0.3, 0.4) is 0 Å². The molecular weight excluding hydrogens is 294 g/mol. The number of carbonyl (C=O) groups excluding carboxylic acids is 2. The van der Waals surface area contributed by atoms with Crippen LogP contribution in [0, 0.1) is 0 Å². The molecular formula is C14H19NO7. The monoisotopic (exact) mass is 313 g/mol. The molecule has 8 nitrogen and oxygen atoms in total. The zero-order valence-corrected chi connectivity index (χ0v) is 11.7. The molecule has 122 valence electrons. The summed E-state index contributed by atoms with van der Waals surface area (Å²) in [5.41, 5.74) is 0.663. The Kier molecular flexibility index (Phi) is 7.09. The standard InChI is InChI=1S/C14H19NO7/c16-7-9(17)11(19)12(20)13(21)14(22)15-10(18)6-8-4-2-1-3-5-8/h1-5,9,11-12,14,16-17,19-20,22H,6-7H2,(H,15,18)/t9-,11+,12-,14?/m1/s1. The molecule has 1 unspecified atom stereocenters. The van der Waals surface area contributed by atoms with Gasteiger partial charge in [-0.3, -0.25) is 9.59 Å². The largest absolute Gasteiger partial charge is 0.394 e. The van der Waals surface area contributed by atoms with E-state index in [0.717, 1.165) is 0 Å². The average Bonchev–Trinajstić information content (AvgIpc) is 2.52. The molecule has 22 heavy (non-hydrogen) atoms. The molecule has 8 heteroatoms. The summed E-state index contributed by atoms with van der Waals surface area (Å²) in [4.78, 5) is 23.3. The predicted molar refractivity (Wildman–Crippen MR) is 74.4 cm³/mol. The molecule has 0 aromatic heterocycles. The van der Waals surface area contributed by atoms with Gasteiger partial charge in [0, 0.05) is 0 Å². The van der Waals surface area contributed by atoms with E-state index in [0.29, 0.717) is 5.56 Å². The topological polar surface area (TPSA) is 147 Å². The van der Waals surface area contributed by atoms with E-state index in [1.54, 1.807) is 30.3 Å². The summed E-state index contributed by atoms with van der Waals surface area (Å²) in [6, 6.07) is 8.58. The zero-order valence-electron chi connectivity index (χ0n) is 11.7. The molecule has 0 heterocycles. The van der Waals surface area contributed by atoms with E-state index in [9.17, 15) is 24.9 Å². The number of aliphatic hydroxyl groups is 5. The highest BCUT2D eigenvalue weighted by atomic mass is 16.4. The van der Waals surface area contributed by atoms with Gasteiger partial charge in [0.2, 0.25) is 11.7 Å². The van der Waals surface area contributed by atoms with Gasteiger partial charge < -0.3 is 30.8 Å². The molecule has 1 rings (SSSR count). The number of Topliss-reactive ketones (excluding diaryl/α,β-unsaturated/α-hetero) is 1. The van der Waals surface area contributed by atoms with Crippen molar-refractivity contribution in [2.45, 2.75) is 31.0 Å². The van der Waals surface area contributed by atoms with Crippen molar-refractivity contribution in [2.75, 3.05) is 6.61 Å². The van der Waals surface area contributed by atoms with Crippen molar-refractivity contribution in [3.05, 3.63) is 35.9 Å². The molecule has 0 saturated heterocycles. The number of rotatable bonds is 8. The fraction of sp³-hybridized carbons (Fsp3) is 0.429. The first kappa shape index (κ1) is 18.2. The molecule has 6 N–H and O–H groups in total. The normalized spacial score (nSPS) is 16.4. The summed E-state index contributed by atoms with van der Waals surface area (Å²) in [7, 11) is 0. The Balaban J connectivity index is 2.54. The van der Waals surface area contributed by atoms with Crippen molar-refractivity contribution < 1.29 is 35.1 Å². The highest BCUT2D eigenvalue weighted by Crippen LogP contribution is 2.04. The third kappa shape index (κ3) is 5.17. The van der Waals surface area contributed by atoms with E-state index in [-0.39, 0.29) is 6.42 Å². The van der Waals surface area contributed by atoms with Gasteiger partial charge in [-0.05, 0) is 5.56 Å². The first-order valence-corrected chi connectivity index (χ1v) is 6.57. The summed E-state index contributed by atoms with van der Waals surface area (Å²) in [6.45, 7) is -0.873. The molecule has 0 spiro atoms. The van der Waals surface area contributed by atoms with E-state index >= 15 is 0 Å². The van der Waals surface area contributed by atoms with Gasteiger partial charge in [0.1, 0.15) is 18.3 Å². The van der Waals surface area contributed by atoms with Crippen molar-refractivity contribution in [1.82, 2.24) is 5.32 Å². The van der Waals surface area contributed by atoms with E-state index in [1.807, 2.05) is 5.32 Å². The highest BCUT2D eigenvalue weighted by Gasteiger charge is 2.34. The second-order valence-corrected chi connectivity index (χ2v) is 4.72. The molecule has 0 aliphatic carbocycles. The lowest BCUT2D eigenvalue weighted by Crippen LogP contribution is -2.52. The molecule has 0 fully saturated rings. The Labute approximate surface area is 126 Å². The molecule has 1 amide bonds. The van der Waals surface area contributed by atoms with Crippen LogP contribution in [0.5, 0.6) is 0 Å². The minimum atomic E-state index is -2.14. The number of hydrogen-bond acceptors (Lipinski definition) is 7. The molecule has 0 aliphatic heterocycles. The van der Waals surface area contributed by atoms with Gasteiger partial charge in [0.05, 0.1) is 13.0 Å². The average molecular weight is 313 g/mol. The first-order chi connectivity index (χ1) is 10.4. The minimum absolute atomic E-state index is 0.0803. The number of amides is 1. The summed E-state index contributed by atoms with van der Waals surface area (Å²) in [5.74, 6) is -1.95. The van der Waals surface area contributed by atoms with Crippen LogP contribution in [-0.2, 0) is 16.0 Å². The van der Waals surface area contributed by atoms with Crippen molar-refractivity contribution in [3.8, 4) is 0 Å². The molecule has 0 bridgehead atoms. The second-order valence-electron chi connectivity index (χ2n) is 4.72. The van der Waals surface area contributed by atoms with Crippen LogP contribution in [0.1, 0.15) is 5.56 Å². The van der Waals surface area contributed by atoms with Crippen LogP contribution in [-0.4, -0.2) is 68.4 Å². The maximum absolute atomic E-state index is 11.7. The predicted octanol–water partition coefficient (Wildman–Crippen LogP) is -2.69. The van der Waals surface area contributed by atoms with Crippen molar-refractivity contribution in [1.29, 1.82) is 0 Å².